The fraction of sp³-hybridized carbons (Fsp3) is 0.286. The van der Waals surface area contributed by atoms with Gasteiger partial charge in [0.25, 0.3) is 17.6 Å². The number of para-hydroxylation sites is 1. The third-order valence-electron chi connectivity index (χ3n) is 4.60. The molecule has 3 N–H and O–H groups in total. The van der Waals surface area contributed by atoms with Crippen LogP contribution in [0, 0.1) is 11.8 Å². The smallest absolute Gasteiger partial charge is 0.288 e. The number of rotatable bonds is 8. The van der Waals surface area contributed by atoms with Gasteiger partial charge in [-0.1, -0.05) is 30.8 Å². The molecule has 31 heavy (non-hydrogen) atoms. The minimum Gasteiger partial charge on any atom is -0.483 e. The first-order valence-corrected chi connectivity index (χ1v) is 10.4. The van der Waals surface area contributed by atoms with Crippen molar-refractivity contribution in [3.63, 3.8) is 0 Å². The number of nitrogens with one attached hydrogen (secondary N) is 3. The lowest BCUT2D eigenvalue weighted by molar-refractivity contribution is -0.123. The van der Waals surface area contributed by atoms with Gasteiger partial charge in [0.2, 0.25) is 5.91 Å². The van der Waals surface area contributed by atoms with E-state index in [-0.39, 0.29) is 29.7 Å². The molecule has 2 aromatic rings. The van der Waals surface area contributed by atoms with E-state index < -0.39 is 17.6 Å². The summed E-state index contributed by atoms with van der Waals surface area (Å²) < 4.78 is 30.2. The molecule has 0 bridgehead atoms. The first kappa shape index (κ1) is 22.5. The molecule has 0 unspecified atom stereocenters. The molecule has 0 spiro atoms. The Bertz CT molecular complexity index is 956. The second-order valence-electron chi connectivity index (χ2n) is 7.00. The third kappa shape index (κ3) is 6.68. The molecule has 0 aromatic heterocycles. The minimum atomic E-state index is -2.52. The first-order valence-electron chi connectivity index (χ1n) is 9.50. The molecule has 2 atom stereocenters. The van der Waals surface area contributed by atoms with E-state index >= 15 is 0 Å². The molecular weight excluding hydrogens is 428 g/mol. The standard InChI is InChI=1S/C21H21F2N3O4S/c1-12-10-16(12)20(29)26-25-19(28)15-4-2-3-5-17(15)30-11-18(27)24-13-6-8-14(9-7-13)31-21(22)23/h2-9,12,16,21H,10-11H2,1H3,(H,24,27)(H,25,28)(H,26,29)/t12-,16+/m0/s1. The Kier molecular flexibility index (Phi) is 7.45. The Labute approximate surface area is 181 Å². The Morgan fingerprint density at radius 1 is 1.10 bits per heavy atom. The summed E-state index contributed by atoms with van der Waals surface area (Å²) in [6.45, 7) is 1.58. The van der Waals surface area contributed by atoms with E-state index in [0.717, 1.165) is 6.42 Å². The summed E-state index contributed by atoms with van der Waals surface area (Å²) in [5.41, 5.74) is 5.33. The molecule has 164 valence electrons. The zero-order valence-corrected chi connectivity index (χ0v) is 17.4. The minimum absolute atomic E-state index is 0.0847. The van der Waals surface area contributed by atoms with Gasteiger partial charge >= 0.3 is 0 Å². The largest absolute Gasteiger partial charge is 0.483 e. The number of thioether (sulfide) groups is 1. The molecule has 0 aliphatic heterocycles. The SMILES string of the molecule is C[C@H]1C[C@H]1C(=O)NNC(=O)c1ccccc1OCC(=O)Nc1ccc(SC(F)F)cc1. The van der Waals surface area contributed by atoms with Crippen LogP contribution in [0.2, 0.25) is 0 Å². The molecule has 0 radical (unpaired) electrons. The first-order chi connectivity index (χ1) is 14.8. The van der Waals surface area contributed by atoms with Crippen molar-refractivity contribution in [1.29, 1.82) is 0 Å². The van der Waals surface area contributed by atoms with Gasteiger partial charge in [-0.15, -0.1) is 0 Å². The van der Waals surface area contributed by atoms with Crippen molar-refractivity contribution in [2.45, 2.75) is 24.0 Å². The second kappa shape index (κ2) is 10.3. The molecular formula is C21H21F2N3O4S. The highest BCUT2D eigenvalue weighted by Crippen LogP contribution is 2.37. The number of benzene rings is 2. The van der Waals surface area contributed by atoms with E-state index in [0.29, 0.717) is 28.3 Å². The number of ether oxygens (including phenoxy) is 1. The van der Waals surface area contributed by atoms with E-state index in [9.17, 15) is 23.2 Å². The van der Waals surface area contributed by atoms with Gasteiger partial charge in [0.15, 0.2) is 6.61 Å². The number of hydrogen-bond donors (Lipinski definition) is 3. The average Bonchev–Trinajstić information content (AvgIpc) is 3.48. The van der Waals surface area contributed by atoms with Crippen LogP contribution in [-0.2, 0) is 9.59 Å². The van der Waals surface area contributed by atoms with Crippen molar-refractivity contribution in [1.82, 2.24) is 10.9 Å². The van der Waals surface area contributed by atoms with Crippen LogP contribution >= 0.6 is 11.8 Å². The predicted molar refractivity (Wildman–Crippen MR) is 112 cm³/mol. The number of amides is 3. The normalized spacial score (nSPS) is 17.0. The number of hydrogen-bond acceptors (Lipinski definition) is 5. The van der Waals surface area contributed by atoms with E-state index in [1.165, 1.54) is 36.4 Å². The number of carbonyl (C=O) groups excluding carboxylic acids is 3. The summed E-state index contributed by atoms with van der Waals surface area (Å²) in [6.07, 6.45) is 0.796. The van der Waals surface area contributed by atoms with Crippen molar-refractivity contribution in [3.8, 4) is 5.75 Å². The van der Waals surface area contributed by atoms with E-state index in [1.807, 2.05) is 6.92 Å². The molecule has 0 heterocycles. The van der Waals surface area contributed by atoms with Crippen molar-refractivity contribution in [2.24, 2.45) is 11.8 Å². The highest BCUT2D eigenvalue weighted by atomic mass is 32.2. The van der Waals surface area contributed by atoms with Crippen LogP contribution in [0.25, 0.3) is 0 Å². The molecule has 7 nitrogen and oxygen atoms in total. The molecule has 2 aromatic carbocycles. The van der Waals surface area contributed by atoms with Crippen LogP contribution < -0.4 is 20.9 Å². The third-order valence-corrected chi connectivity index (χ3v) is 5.32. The second-order valence-corrected chi connectivity index (χ2v) is 8.06. The molecule has 10 heteroatoms. The maximum absolute atomic E-state index is 12.4. The fourth-order valence-electron chi connectivity index (χ4n) is 2.81. The molecule has 1 fully saturated rings. The van der Waals surface area contributed by atoms with Crippen LogP contribution in [0.1, 0.15) is 23.7 Å². The molecule has 3 amide bonds. The quantitative estimate of drug-likeness (QED) is 0.424. The van der Waals surface area contributed by atoms with E-state index in [1.54, 1.807) is 12.1 Å². The van der Waals surface area contributed by atoms with Gasteiger partial charge < -0.3 is 10.1 Å². The number of anilines is 1. The van der Waals surface area contributed by atoms with Crippen LogP contribution in [-0.4, -0.2) is 30.1 Å². The van der Waals surface area contributed by atoms with Crippen LogP contribution in [0.3, 0.4) is 0 Å². The Hall–Kier alpha value is -3.14. The molecule has 1 aliphatic carbocycles. The maximum Gasteiger partial charge on any atom is 0.288 e. The van der Waals surface area contributed by atoms with Crippen LogP contribution in [0.5, 0.6) is 5.75 Å². The van der Waals surface area contributed by atoms with E-state index in [4.69, 9.17) is 4.74 Å². The molecule has 1 saturated carbocycles. The van der Waals surface area contributed by atoms with Gasteiger partial charge in [-0.05, 0) is 48.7 Å². The molecule has 1 aliphatic rings. The highest BCUT2D eigenvalue weighted by molar-refractivity contribution is 7.99. The van der Waals surface area contributed by atoms with Gasteiger partial charge in [-0.3, -0.25) is 25.2 Å². The number of carbonyl (C=O) groups is 3. The Morgan fingerprint density at radius 2 is 1.77 bits per heavy atom. The average molecular weight is 449 g/mol. The predicted octanol–water partition coefficient (Wildman–Crippen LogP) is 3.44. The van der Waals surface area contributed by atoms with Crippen molar-refractivity contribution in [2.75, 3.05) is 11.9 Å². The van der Waals surface area contributed by atoms with Crippen LogP contribution in [0.15, 0.2) is 53.4 Å². The monoisotopic (exact) mass is 449 g/mol. The number of hydrazine groups is 1. The fourth-order valence-corrected chi connectivity index (χ4v) is 3.30. The maximum atomic E-state index is 12.4. The summed E-state index contributed by atoms with van der Waals surface area (Å²) >= 11 is 0.414. The molecule has 3 rings (SSSR count). The van der Waals surface area contributed by atoms with Gasteiger partial charge in [0.05, 0.1) is 5.56 Å². The van der Waals surface area contributed by atoms with Crippen LogP contribution in [0.4, 0.5) is 14.5 Å². The number of halogens is 2. The lowest BCUT2D eigenvalue weighted by Gasteiger charge is -2.12. The van der Waals surface area contributed by atoms with Gasteiger partial charge in [-0.2, -0.15) is 8.78 Å². The van der Waals surface area contributed by atoms with Crippen molar-refractivity contribution in [3.05, 3.63) is 54.1 Å². The summed E-state index contributed by atoms with van der Waals surface area (Å²) in [5.74, 6) is -3.41. The summed E-state index contributed by atoms with van der Waals surface area (Å²) in [4.78, 5) is 36.7. The summed E-state index contributed by atoms with van der Waals surface area (Å²) in [7, 11) is 0. The van der Waals surface area contributed by atoms with Gasteiger partial charge in [-0.25, -0.2) is 0 Å². The lowest BCUT2D eigenvalue weighted by Crippen LogP contribution is -2.42. The van der Waals surface area contributed by atoms with Gasteiger partial charge in [0.1, 0.15) is 5.75 Å². The Morgan fingerprint density at radius 3 is 2.42 bits per heavy atom. The number of alkyl halides is 2. The zero-order chi connectivity index (χ0) is 22.4. The Balaban J connectivity index is 1.51. The van der Waals surface area contributed by atoms with Crippen molar-refractivity contribution < 1.29 is 27.9 Å². The van der Waals surface area contributed by atoms with E-state index in [2.05, 4.69) is 16.2 Å². The van der Waals surface area contributed by atoms with Gasteiger partial charge in [0, 0.05) is 16.5 Å². The van der Waals surface area contributed by atoms with Crippen molar-refractivity contribution >= 4 is 35.2 Å². The summed E-state index contributed by atoms with van der Waals surface area (Å²) in [5, 5.41) is 2.59. The topological polar surface area (TPSA) is 96.5 Å². The molecule has 0 saturated heterocycles. The lowest BCUT2D eigenvalue weighted by atomic mass is 10.2. The zero-order valence-electron chi connectivity index (χ0n) is 16.6. The highest BCUT2D eigenvalue weighted by Gasteiger charge is 2.39. The summed E-state index contributed by atoms with van der Waals surface area (Å²) in [6, 6.07) is 12.3.